The van der Waals surface area contributed by atoms with Crippen LogP contribution in [0.1, 0.15) is 34.9 Å². The zero-order chi connectivity index (χ0) is 14.9. The molecule has 2 heterocycles. The van der Waals surface area contributed by atoms with E-state index in [-0.39, 0.29) is 5.91 Å². The van der Waals surface area contributed by atoms with E-state index in [4.69, 9.17) is 0 Å². The summed E-state index contributed by atoms with van der Waals surface area (Å²) in [5.41, 5.74) is 4.56. The molecular weight excluding hydrogens is 294 g/mol. The summed E-state index contributed by atoms with van der Waals surface area (Å²) in [6.45, 7) is 0. The Morgan fingerprint density at radius 2 is 2.14 bits per heavy atom. The van der Waals surface area contributed by atoms with E-state index >= 15 is 0 Å². The van der Waals surface area contributed by atoms with Gasteiger partial charge in [-0.25, -0.2) is 0 Å². The molecule has 110 valence electrons. The predicted octanol–water partition coefficient (Wildman–Crippen LogP) is 4.27. The molecule has 4 nitrogen and oxygen atoms in total. The molecule has 1 aliphatic carbocycles. The molecule has 2 N–H and O–H groups in total. The topological polar surface area (TPSA) is 57.8 Å². The van der Waals surface area contributed by atoms with Crippen LogP contribution in [0.3, 0.4) is 0 Å². The number of H-pyrrole nitrogens is 1. The van der Waals surface area contributed by atoms with Gasteiger partial charge in [0, 0.05) is 17.3 Å². The number of hydrogen-bond acceptors (Lipinski definition) is 3. The molecule has 3 aromatic rings. The quantitative estimate of drug-likeness (QED) is 0.756. The first-order chi connectivity index (χ1) is 10.8. The van der Waals surface area contributed by atoms with Crippen LogP contribution in [-0.2, 0) is 0 Å². The van der Waals surface area contributed by atoms with Gasteiger partial charge in [-0.2, -0.15) is 16.4 Å². The summed E-state index contributed by atoms with van der Waals surface area (Å²) < 4.78 is 0. The smallest absolute Gasteiger partial charge is 0.276 e. The number of aromatic nitrogens is 2. The number of nitrogens with one attached hydrogen (secondary N) is 2. The minimum absolute atomic E-state index is 0.175. The zero-order valence-electron chi connectivity index (χ0n) is 11.9. The lowest BCUT2D eigenvalue weighted by Gasteiger charge is -2.05. The lowest BCUT2D eigenvalue weighted by Crippen LogP contribution is -2.12. The summed E-state index contributed by atoms with van der Waals surface area (Å²) in [6, 6.07) is 11.8. The van der Waals surface area contributed by atoms with Crippen molar-refractivity contribution in [2.75, 3.05) is 5.32 Å². The summed E-state index contributed by atoms with van der Waals surface area (Å²) in [5, 5.41) is 14.1. The maximum Gasteiger partial charge on any atom is 0.276 e. The van der Waals surface area contributed by atoms with Crippen molar-refractivity contribution in [2.24, 2.45) is 0 Å². The third kappa shape index (κ3) is 2.67. The number of amides is 1. The molecular formula is C17H15N3OS. The first kappa shape index (κ1) is 13.3. The first-order valence-corrected chi connectivity index (χ1v) is 8.23. The van der Waals surface area contributed by atoms with Crippen molar-refractivity contribution >= 4 is 22.9 Å². The average molecular weight is 309 g/mol. The highest BCUT2D eigenvalue weighted by Crippen LogP contribution is 2.39. The molecule has 0 spiro atoms. The van der Waals surface area contributed by atoms with Crippen molar-refractivity contribution < 1.29 is 4.79 Å². The SMILES string of the molecule is O=C(Nc1cccc(-c2ccsc2)c1)c1cc(C2CC2)[nH]n1. The van der Waals surface area contributed by atoms with Gasteiger partial charge in [-0.3, -0.25) is 9.89 Å². The number of rotatable bonds is 4. The number of thiophene rings is 1. The second-order valence-electron chi connectivity index (χ2n) is 5.53. The molecule has 4 rings (SSSR count). The normalized spacial score (nSPS) is 14.0. The number of carbonyl (C=O) groups excluding carboxylic acids is 1. The van der Waals surface area contributed by atoms with Gasteiger partial charge in [0.2, 0.25) is 0 Å². The summed E-state index contributed by atoms with van der Waals surface area (Å²) in [4.78, 5) is 12.3. The minimum Gasteiger partial charge on any atom is -0.321 e. The van der Waals surface area contributed by atoms with Crippen LogP contribution in [-0.4, -0.2) is 16.1 Å². The maximum absolute atomic E-state index is 12.3. The largest absolute Gasteiger partial charge is 0.321 e. The minimum atomic E-state index is -0.175. The molecule has 1 aliphatic rings. The van der Waals surface area contributed by atoms with Crippen molar-refractivity contribution in [1.29, 1.82) is 0 Å². The Bertz CT molecular complexity index is 803. The monoisotopic (exact) mass is 309 g/mol. The summed E-state index contributed by atoms with van der Waals surface area (Å²) >= 11 is 1.66. The standard InChI is InChI=1S/C17H15N3OS/c21-17(16-9-15(19-20-16)11-4-5-11)18-14-3-1-2-12(8-14)13-6-7-22-10-13/h1-3,6-11H,4-5H2,(H,18,21)(H,19,20). The summed E-state index contributed by atoms with van der Waals surface area (Å²) in [6.07, 6.45) is 2.37. The Balaban J connectivity index is 1.52. The highest BCUT2D eigenvalue weighted by atomic mass is 32.1. The van der Waals surface area contributed by atoms with Gasteiger partial charge in [0.25, 0.3) is 5.91 Å². The number of anilines is 1. The van der Waals surface area contributed by atoms with Crippen molar-refractivity contribution in [3.05, 3.63) is 58.5 Å². The molecule has 1 aromatic carbocycles. The van der Waals surface area contributed by atoms with Crippen LogP contribution in [0.4, 0.5) is 5.69 Å². The first-order valence-electron chi connectivity index (χ1n) is 7.29. The number of nitrogens with zero attached hydrogens (tertiary/aromatic N) is 1. The Morgan fingerprint density at radius 1 is 1.23 bits per heavy atom. The maximum atomic E-state index is 12.3. The van der Waals surface area contributed by atoms with Crippen molar-refractivity contribution in [2.45, 2.75) is 18.8 Å². The van der Waals surface area contributed by atoms with Gasteiger partial charge in [0.05, 0.1) is 0 Å². The van der Waals surface area contributed by atoms with Crippen molar-refractivity contribution in [3.8, 4) is 11.1 Å². The average Bonchev–Trinajstić information content (AvgIpc) is 3.06. The van der Waals surface area contributed by atoms with Crippen molar-refractivity contribution in [1.82, 2.24) is 10.2 Å². The van der Waals surface area contributed by atoms with E-state index in [2.05, 4.69) is 27.0 Å². The summed E-state index contributed by atoms with van der Waals surface area (Å²) in [5.74, 6) is 0.390. The molecule has 0 bridgehead atoms. The zero-order valence-corrected chi connectivity index (χ0v) is 12.7. The molecule has 22 heavy (non-hydrogen) atoms. The van der Waals surface area contributed by atoms with E-state index in [0.717, 1.165) is 22.5 Å². The number of aromatic amines is 1. The fraction of sp³-hybridized carbons (Fsp3) is 0.176. The molecule has 0 radical (unpaired) electrons. The number of benzene rings is 1. The molecule has 1 fully saturated rings. The molecule has 5 heteroatoms. The van der Waals surface area contributed by atoms with Crippen LogP contribution in [0.15, 0.2) is 47.2 Å². The van der Waals surface area contributed by atoms with Gasteiger partial charge in [0.1, 0.15) is 0 Å². The molecule has 0 atom stereocenters. The third-order valence-electron chi connectivity index (χ3n) is 3.82. The van der Waals surface area contributed by atoms with Crippen LogP contribution in [0.5, 0.6) is 0 Å². The van der Waals surface area contributed by atoms with E-state index < -0.39 is 0 Å². The third-order valence-corrected chi connectivity index (χ3v) is 4.51. The van der Waals surface area contributed by atoms with Gasteiger partial charge in [-0.15, -0.1) is 0 Å². The lowest BCUT2D eigenvalue weighted by molar-refractivity contribution is 0.102. The Kier molecular flexibility index (Phi) is 3.27. The van der Waals surface area contributed by atoms with Gasteiger partial charge >= 0.3 is 0 Å². The van der Waals surface area contributed by atoms with Gasteiger partial charge in [-0.05, 0) is 59.0 Å². The van der Waals surface area contributed by atoms with Crippen LogP contribution >= 0.6 is 11.3 Å². The Morgan fingerprint density at radius 3 is 2.91 bits per heavy atom. The number of hydrogen-bond donors (Lipinski definition) is 2. The van der Waals surface area contributed by atoms with Crippen LogP contribution in [0.2, 0.25) is 0 Å². The van der Waals surface area contributed by atoms with Crippen LogP contribution in [0, 0.1) is 0 Å². The molecule has 1 amide bonds. The Hall–Kier alpha value is -2.40. The van der Waals surface area contributed by atoms with Crippen molar-refractivity contribution in [3.63, 3.8) is 0 Å². The van der Waals surface area contributed by atoms with E-state index in [1.54, 1.807) is 11.3 Å². The van der Waals surface area contributed by atoms with E-state index in [0.29, 0.717) is 11.6 Å². The van der Waals surface area contributed by atoms with Gasteiger partial charge in [-0.1, -0.05) is 12.1 Å². The van der Waals surface area contributed by atoms with Gasteiger partial charge in [0.15, 0.2) is 5.69 Å². The summed E-state index contributed by atoms with van der Waals surface area (Å²) in [7, 11) is 0. The molecule has 0 aliphatic heterocycles. The van der Waals surface area contributed by atoms with Crippen LogP contribution < -0.4 is 5.32 Å². The van der Waals surface area contributed by atoms with Gasteiger partial charge < -0.3 is 5.32 Å². The molecule has 0 saturated heterocycles. The molecule has 1 saturated carbocycles. The second-order valence-corrected chi connectivity index (χ2v) is 6.31. The van der Waals surface area contributed by atoms with Crippen LogP contribution in [0.25, 0.3) is 11.1 Å². The fourth-order valence-corrected chi connectivity index (χ4v) is 3.12. The van der Waals surface area contributed by atoms with E-state index in [1.807, 2.05) is 35.7 Å². The lowest BCUT2D eigenvalue weighted by atomic mass is 10.1. The Labute approximate surface area is 132 Å². The number of carbonyl (C=O) groups is 1. The fourth-order valence-electron chi connectivity index (χ4n) is 2.46. The van der Waals surface area contributed by atoms with E-state index in [9.17, 15) is 4.79 Å². The predicted molar refractivity (Wildman–Crippen MR) is 88.3 cm³/mol. The second kappa shape index (κ2) is 5.42. The molecule has 2 aromatic heterocycles. The highest BCUT2D eigenvalue weighted by molar-refractivity contribution is 7.08. The van der Waals surface area contributed by atoms with E-state index in [1.165, 1.54) is 12.8 Å². The highest BCUT2D eigenvalue weighted by Gasteiger charge is 2.26. The molecule has 0 unspecified atom stereocenters.